The van der Waals surface area contributed by atoms with Crippen molar-refractivity contribution in [3.63, 3.8) is 0 Å². The molecule has 0 aromatic carbocycles. The molecule has 0 spiro atoms. The second-order valence-electron chi connectivity index (χ2n) is 6.25. The molecule has 0 bridgehead atoms. The van der Waals surface area contributed by atoms with Crippen LogP contribution < -0.4 is 9.64 Å². The third-order valence-electron chi connectivity index (χ3n) is 4.61. The lowest BCUT2D eigenvalue weighted by Gasteiger charge is -2.40. The number of carbonyl (C=O) groups is 2. The highest BCUT2D eigenvalue weighted by Crippen LogP contribution is 2.31. The van der Waals surface area contributed by atoms with Crippen LogP contribution in [-0.2, 0) is 21.4 Å². The highest BCUT2D eigenvalue weighted by atomic mass is 16.5. The van der Waals surface area contributed by atoms with Crippen LogP contribution in [0.25, 0.3) is 0 Å². The van der Waals surface area contributed by atoms with Crippen LogP contribution in [0, 0.1) is 0 Å². The summed E-state index contributed by atoms with van der Waals surface area (Å²) in [5.74, 6) is 0.583. The number of pyridine rings is 1. The van der Waals surface area contributed by atoms with Crippen molar-refractivity contribution < 1.29 is 19.1 Å². The first-order valence-corrected chi connectivity index (χ1v) is 8.63. The van der Waals surface area contributed by atoms with Gasteiger partial charge in [0.15, 0.2) is 6.10 Å². The van der Waals surface area contributed by atoms with E-state index in [-0.39, 0.29) is 18.4 Å². The maximum absolute atomic E-state index is 13.2. The van der Waals surface area contributed by atoms with Crippen molar-refractivity contribution in [2.45, 2.75) is 19.1 Å². The third kappa shape index (κ3) is 3.63. The zero-order valence-corrected chi connectivity index (χ0v) is 15.8. The van der Waals surface area contributed by atoms with Crippen molar-refractivity contribution in [2.24, 2.45) is 7.05 Å². The van der Waals surface area contributed by atoms with Crippen molar-refractivity contribution in [2.75, 3.05) is 32.2 Å². The number of hydrogen-bond donors (Lipinski definition) is 0. The highest BCUT2D eigenvalue weighted by molar-refractivity contribution is 5.97. The normalized spacial score (nSPS) is 19.9. The largest absolute Gasteiger partial charge is 0.497 e. The lowest BCUT2D eigenvalue weighted by Crippen LogP contribution is -2.54. The molecule has 2 aromatic rings. The van der Waals surface area contributed by atoms with Gasteiger partial charge in [-0.1, -0.05) is 0 Å². The Morgan fingerprint density at radius 1 is 1.48 bits per heavy atom. The van der Waals surface area contributed by atoms with E-state index < -0.39 is 12.1 Å². The molecule has 1 fully saturated rings. The fourth-order valence-electron chi connectivity index (χ4n) is 3.19. The minimum Gasteiger partial charge on any atom is -0.497 e. The van der Waals surface area contributed by atoms with Crippen molar-refractivity contribution in [3.05, 3.63) is 36.3 Å². The summed E-state index contributed by atoms with van der Waals surface area (Å²) in [6.07, 6.45) is 4.16. The van der Waals surface area contributed by atoms with Crippen LogP contribution >= 0.6 is 0 Å². The predicted molar refractivity (Wildman–Crippen MR) is 97.3 cm³/mol. The lowest BCUT2D eigenvalue weighted by molar-refractivity contribution is -0.162. The number of carbonyl (C=O) groups excluding carboxylic acids is 2. The van der Waals surface area contributed by atoms with E-state index in [1.165, 1.54) is 4.90 Å². The van der Waals surface area contributed by atoms with Gasteiger partial charge in [0.05, 0.1) is 19.3 Å². The Bertz CT molecular complexity index is 837. The number of rotatable bonds is 5. The molecule has 3 rings (SSSR count). The van der Waals surface area contributed by atoms with Gasteiger partial charge in [-0.2, -0.15) is 5.10 Å². The second-order valence-corrected chi connectivity index (χ2v) is 6.25. The predicted octanol–water partition coefficient (Wildman–Crippen LogP) is 0.775. The van der Waals surface area contributed by atoms with E-state index >= 15 is 0 Å². The Morgan fingerprint density at radius 2 is 2.26 bits per heavy atom. The number of nitrogens with zero attached hydrogens (tertiary/aromatic N) is 5. The van der Waals surface area contributed by atoms with Crippen LogP contribution in [0.5, 0.6) is 5.75 Å². The first-order valence-electron chi connectivity index (χ1n) is 8.63. The number of amides is 2. The Morgan fingerprint density at radius 3 is 2.89 bits per heavy atom. The molecule has 9 heteroatoms. The molecule has 27 heavy (non-hydrogen) atoms. The number of likely N-dealkylation sites (N-methyl/N-ethyl adjacent to an activating group) is 2. The molecule has 1 saturated heterocycles. The smallest absolute Gasteiger partial charge is 0.259 e. The number of aryl methyl sites for hydroxylation is 1. The molecule has 0 radical (unpaired) electrons. The van der Waals surface area contributed by atoms with Gasteiger partial charge in [0.25, 0.3) is 5.91 Å². The molecule has 1 aliphatic heterocycles. The molecule has 3 heterocycles. The number of morpholine rings is 1. The summed E-state index contributed by atoms with van der Waals surface area (Å²) in [5, 5.41) is 4.17. The molecule has 0 aliphatic carbocycles. The highest BCUT2D eigenvalue weighted by Gasteiger charge is 2.43. The summed E-state index contributed by atoms with van der Waals surface area (Å²) < 4.78 is 12.5. The molecule has 2 atom stereocenters. The fraction of sp³-hybridized carbons (Fsp3) is 0.444. The van der Waals surface area contributed by atoms with Crippen LogP contribution in [0.15, 0.2) is 30.7 Å². The Kier molecular flexibility index (Phi) is 5.41. The van der Waals surface area contributed by atoms with E-state index in [0.717, 1.165) is 5.56 Å². The summed E-state index contributed by atoms with van der Waals surface area (Å²) in [6, 6.07) is 2.82. The Hall–Kier alpha value is -2.94. The van der Waals surface area contributed by atoms with Crippen molar-refractivity contribution in [3.8, 4) is 5.75 Å². The lowest BCUT2D eigenvalue weighted by atomic mass is 9.99. The topological polar surface area (TPSA) is 89.8 Å². The van der Waals surface area contributed by atoms with Crippen LogP contribution in [0.1, 0.15) is 18.5 Å². The SMILES string of the molecule is CCN1C(=O)CO[C@H](C(=O)N(C)c2cc(OC)ccn2)[C@H]1c1cnn(C)c1. The second kappa shape index (κ2) is 7.75. The average Bonchev–Trinajstić information content (AvgIpc) is 3.12. The van der Waals surface area contributed by atoms with Gasteiger partial charge in [-0.15, -0.1) is 0 Å². The van der Waals surface area contributed by atoms with E-state index in [2.05, 4.69) is 10.1 Å². The van der Waals surface area contributed by atoms with Gasteiger partial charge < -0.3 is 14.4 Å². The van der Waals surface area contributed by atoms with Crippen molar-refractivity contribution in [1.29, 1.82) is 0 Å². The average molecular weight is 373 g/mol. The molecular formula is C18H23N5O4. The van der Waals surface area contributed by atoms with Gasteiger partial charge in [0.1, 0.15) is 18.2 Å². The maximum Gasteiger partial charge on any atom is 0.259 e. The van der Waals surface area contributed by atoms with Crippen molar-refractivity contribution >= 4 is 17.6 Å². The Labute approximate surface area is 157 Å². The Balaban J connectivity index is 1.93. The first kappa shape index (κ1) is 18.8. The van der Waals surface area contributed by atoms with Gasteiger partial charge in [-0.05, 0) is 13.0 Å². The summed E-state index contributed by atoms with van der Waals surface area (Å²) >= 11 is 0. The number of methoxy groups -OCH3 is 1. The molecule has 1 aliphatic rings. The summed E-state index contributed by atoms with van der Waals surface area (Å²) in [6.45, 7) is 2.20. The van der Waals surface area contributed by atoms with Gasteiger partial charge >= 0.3 is 0 Å². The number of hydrogen-bond acceptors (Lipinski definition) is 6. The third-order valence-corrected chi connectivity index (χ3v) is 4.61. The molecular weight excluding hydrogens is 350 g/mol. The minimum absolute atomic E-state index is 0.139. The van der Waals surface area contributed by atoms with Gasteiger partial charge in [-0.3, -0.25) is 19.2 Å². The van der Waals surface area contributed by atoms with Crippen LogP contribution in [0.4, 0.5) is 5.82 Å². The van der Waals surface area contributed by atoms with Crippen LogP contribution in [0.3, 0.4) is 0 Å². The molecule has 0 unspecified atom stereocenters. The fourth-order valence-corrected chi connectivity index (χ4v) is 3.19. The summed E-state index contributed by atoms with van der Waals surface area (Å²) in [4.78, 5) is 32.8. The van der Waals surface area contributed by atoms with Crippen LogP contribution in [0.2, 0.25) is 0 Å². The number of anilines is 1. The molecule has 144 valence electrons. The van der Waals surface area contributed by atoms with Gasteiger partial charge in [0.2, 0.25) is 5.91 Å². The maximum atomic E-state index is 13.2. The minimum atomic E-state index is -0.857. The number of ether oxygens (including phenoxy) is 2. The monoisotopic (exact) mass is 373 g/mol. The molecule has 0 saturated carbocycles. The van der Waals surface area contributed by atoms with Gasteiger partial charge in [0, 0.05) is 44.7 Å². The van der Waals surface area contributed by atoms with E-state index in [1.54, 1.807) is 61.5 Å². The van der Waals surface area contributed by atoms with Gasteiger partial charge in [-0.25, -0.2) is 4.98 Å². The van der Waals surface area contributed by atoms with Crippen molar-refractivity contribution in [1.82, 2.24) is 19.7 Å². The van der Waals surface area contributed by atoms with E-state index in [0.29, 0.717) is 18.1 Å². The molecule has 2 amide bonds. The summed E-state index contributed by atoms with van der Waals surface area (Å²) in [7, 11) is 4.96. The molecule has 0 N–H and O–H groups in total. The first-order chi connectivity index (χ1) is 13.0. The quantitative estimate of drug-likeness (QED) is 0.769. The zero-order chi connectivity index (χ0) is 19.6. The standard InChI is InChI=1S/C18H23N5O4/c1-5-23-15(24)11-27-17(16(23)12-9-20-21(2)10-12)18(25)22(3)14-8-13(26-4)6-7-19-14/h6-10,16-17H,5,11H2,1-4H3/t16-,17+/m1/s1. The molecule has 9 nitrogen and oxygen atoms in total. The zero-order valence-electron chi connectivity index (χ0n) is 15.8. The van der Waals surface area contributed by atoms with E-state index in [1.807, 2.05) is 6.92 Å². The molecule has 2 aromatic heterocycles. The van der Waals surface area contributed by atoms with Crippen LogP contribution in [-0.4, -0.2) is 64.9 Å². The van der Waals surface area contributed by atoms with E-state index in [4.69, 9.17) is 9.47 Å². The van der Waals surface area contributed by atoms with E-state index in [9.17, 15) is 9.59 Å². The summed E-state index contributed by atoms with van der Waals surface area (Å²) in [5.41, 5.74) is 0.748. The number of aromatic nitrogens is 3.